The van der Waals surface area contributed by atoms with Gasteiger partial charge >= 0.3 is 6.18 Å². The number of halogens is 3. The molecule has 6 heteroatoms. The molecule has 0 amide bonds. The number of alkyl halides is 3. The van der Waals surface area contributed by atoms with Crippen LogP contribution in [0.4, 0.5) is 13.2 Å². The van der Waals surface area contributed by atoms with E-state index in [1.54, 1.807) is 0 Å². The van der Waals surface area contributed by atoms with Crippen molar-refractivity contribution in [3.05, 3.63) is 0 Å². The fraction of sp³-hybridized carbons (Fsp3) is 1.00. The Bertz CT molecular complexity index is 178. The number of aliphatic hydroxyl groups excluding tert-OH is 1. The second-order valence-corrected chi connectivity index (χ2v) is 3.55. The van der Waals surface area contributed by atoms with Gasteiger partial charge in [-0.2, -0.15) is 13.2 Å². The molecule has 15 heavy (non-hydrogen) atoms. The van der Waals surface area contributed by atoms with Crippen LogP contribution in [-0.2, 0) is 9.47 Å². The first-order valence-electron chi connectivity index (χ1n) is 4.95. The maximum Gasteiger partial charge on any atom is 0.396 e. The van der Waals surface area contributed by atoms with Gasteiger partial charge in [-0.15, -0.1) is 0 Å². The molecule has 90 valence electrons. The Morgan fingerprint density at radius 3 is 2.60 bits per heavy atom. The van der Waals surface area contributed by atoms with Crippen molar-refractivity contribution in [3.63, 3.8) is 0 Å². The summed E-state index contributed by atoms with van der Waals surface area (Å²) in [5.74, 6) is -1.82. The van der Waals surface area contributed by atoms with Crippen molar-refractivity contribution in [2.75, 3.05) is 19.8 Å². The van der Waals surface area contributed by atoms with E-state index in [0.29, 0.717) is 13.0 Å². The fourth-order valence-corrected chi connectivity index (χ4v) is 1.32. The van der Waals surface area contributed by atoms with Crippen LogP contribution in [-0.4, -0.2) is 37.4 Å². The smallest absolute Gasteiger partial charge is 0.396 e. The van der Waals surface area contributed by atoms with E-state index in [2.05, 4.69) is 0 Å². The molecule has 0 radical (unpaired) electrons. The molecule has 1 fully saturated rings. The molecule has 1 rings (SSSR count). The predicted octanol–water partition coefficient (Wildman–Crippen LogP) is 1.70. The van der Waals surface area contributed by atoms with Gasteiger partial charge < -0.3 is 14.6 Å². The Morgan fingerprint density at radius 1 is 1.40 bits per heavy atom. The highest BCUT2D eigenvalue weighted by molar-refractivity contribution is 4.66. The second-order valence-electron chi connectivity index (χ2n) is 3.55. The van der Waals surface area contributed by atoms with Crippen LogP contribution in [0.3, 0.4) is 0 Å². The molecule has 0 bridgehead atoms. The van der Waals surface area contributed by atoms with Crippen molar-refractivity contribution in [1.82, 2.24) is 0 Å². The number of hydrogen-bond donors (Lipinski definition) is 1. The van der Waals surface area contributed by atoms with Crippen LogP contribution in [0.25, 0.3) is 0 Å². The molecule has 0 aromatic rings. The lowest BCUT2D eigenvalue weighted by Gasteiger charge is -2.25. The van der Waals surface area contributed by atoms with Crippen molar-refractivity contribution >= 4 is 0 Å². The van der Waals surface area contributed by atoms with Crippen LogP contribution in [0.15, 0.2) is 0 Å². The zero-order chi connectivity index (χ0) is 11.3. The van der Waals surface area contributed by atoms with E-state index in [1.165, 1.54) is 0 Å². The zero-order valence-corrected chi connectivity index (χ0v) is 8.29. The summed E-state index contributed by atoms with van der Waals surface area (Å²) < 4.78 is 46.7. The van der Waals surface area contributed by atoms with Gasteiger partial charge in [-0.05, 0) is 19.3 Å². The molecule has 1 saturated heterocycles. The Hall–Kier alpha value is -0.330. The van der Waals surface area contributed by atoms with Crippen LogP contribution >= 0.6 is 0 Å². The Labute approximate surface area is 86.2 Å². The monoisotopic (exact) mass is 228 g/mol. The van der Waals surface area contributed by atoms with Crippen LogP contribution in [0, 0.1) is 5.92 Å². The van der Waals surface area contributed by atoms with Gasteiger partial charge in [0.1, 0.15) is 5.92 Å². The molecule has 1 aliphatic rings. The maximum atomic E-state index is 12.2. The second kappa shape index (κ2) is 5.67. The molecular weight excluding hydrogens is 213 g/mol. The maximum absolute atomic E-state index is 12.2. The van der Waals surface area contributed by atoms with Gasteiger partial charge in [-0.3, -0.25) is 0 Å². The molecule has 1 unspecified atom stereocenters. The molecule has 0 spiro atoms. The first-order valence-corrected chi connectivity index (χ1v) is 4.95. The van der Waals surface area contributed by atoms with Crippen LogP contribution in [0.1, 0.15) is 19.3 Å². The van der Waals surface area contributed by atoms with E-state index in [1.807, 2.05) is 0 Å². The highest BCUT2D eigenvalue weighted by Gasteiger charge is 2.39. The van der Waals surface area contributed by atoms with Gasteiger partial charge in [0.15, 0.2) is 6.29 Å². The van der Waals surface area contributed by atoms with Crippen molar-refractivity contribution in [3.8, 4) is 0 Å². The largest absolute Gasteiger partial charge is 0.396 e. The minimum Gasteiger partial charge on any atom is -0.396 e. The number of ether oxygens (including phenoxy) is 2. The molecule has 0 aromatic heterocycles. The topological polar surface area (TPSA) is 38.7 Å². The zero-order valence-electron chi connectivity index (χ0n) is 8.29. The Kier molecular flexibility index (Phi) is 4.82. The SMILES string of the molecule is OC[C@H](COC1CCCCO1)C(F)(F)F. The van der Waals surface area contributed by atoms with Crippen molar-refractivity contribution < 1.29 is 27.8 Å². The molecular formula is C9H15F3O3. The quantitative estimate of drug-likeness (QED) is 0.796. The lowest BCUT2D eigenvalue weighted by molar-refractivity contribution is -0.227. The predicted molar refractivity (Wildman–Crippen MR) is 46.2 cm³/mol. The lowest BCUT2D eigenvalue weighted by Crippen LogP contribution is -2.33. The van der Waals surface area contributed by atoms with Gasteiger partial charge in [0.25, 0.3) is 0 Å². The van der Waals surface area contributed by atoms with Crippen LogP contribution in [0.2, 0.25) is 0 Å². The molecule has 3 nitrogen and oxygen atoms in total. The van der Waals surface area contributed by atoms with Gasteiger partial charge in [-0.25, -0.2) is 0 Å². The van der Waals surface area contributed by atoms with Gasteiger partial charge in [-0.1, -0.05) is 0 Å². The molecule has 0 saturated carbocycles. The summed E-state index contributed by atoms with van der Waals surface area (Å²) in [7, 11) is 0. The molecule has 1 aliphatic heterocycles. The van der Waals surface area contributed by atoms with Gasteiger partial charge in [0.05, 0.1) is 13.2 Å². The van der Waals surface area contributed by atoms with Gasteiger partial charge in [0.2, 0.25) is 0 Å². The summed E-state index contributed by atoms with van der Waals surface area (Å²) in [5, 5.41) is 8.55. The number of hydrogen-bond acceptors (Lipinski definition) is 3. The molecule has 1 N–H and O–H groups in total. The Balaban J connectivity index is 2.27. The minimum absolute atomic E-state index is 0.528. The summed E-state index contributed by atoms with van der Waals surface area (Å²) in [4.78, 5) is 0. The lowest BCUT2D eigenvalue weighted by atomic mass is 10.1. The van der Waals surface area contributed by atoms with E-state index in [0.717, 1.165) is 12.8 Å². The minimum atomic E-state index is -4.41. The van der Waals surface area contributed by atoms with E-state index < -0.39 is 31.6 Å². The van der Waals surface area contributed by atoms with E-state index >= 15 is 0 Å². The molecule has 0 aliphatic carbocycles. The third-order valence-corrected chi connectivity index (χ3v) is 2.30. The molecule has 0 aromatic carbocycles. The number of rotatable bonds is 4. The third kappa shape index (κ3) is 4.36. The summed E-state index contributed by atoms with van der Waals surface area (Å²) >= 11 is 0. The summed E-state index contributed by atoms with van der Waals surface area (Å²) in [6, 6.07) is 0. The van der Waals surface area contributed by atoms with Crippen LogP contribution < -0.4 is 0 Å². The number of aliphatic hydroxyl groups is 1. The van der Waals surface area contributed by atoms with Crippen molar-refractivity contribution in [2.24, 2.45) is 5.92 Å². The third-order valence-electron chi connectivity index (χ3n) is 2.30. The van der Waals surface area contributed by atoms with Crippen molar-refractivity contribution in [1.29, 1.82) is 0 Å². The normalized spacial score (nSPS) is 25.2. The average Bonchev–Trinajstić information content (AvgIpc) is 2.18. The Morgan fingerprint density at radius 2 is 2.13 bits per heavy atom. The standard InChI is InChI=1S/C9H15F3O3/c10-9(11,12)7(5-13)6-15-8-3-1-2-4-14-8/h7-8,13H,1-6H2/t7-,8?/m1/s1. The first-order chi connectivity index (χ1) is 7.04. The summed E-state index contributed by atoms with van der Waals surface area (Å²) in [6.45, 7) is -0.957. The fourth-order valence-electron chi connectivity index (χ4n) is 1.32. The molecule has 1 heterocycles. The highest BCUT2D eigenvalue weighted by Crippen LogP contribution is 2.27. The average molecular weight is 228 g/mol. The van der Waals surface area contributed by atoms with Gasteiger partial charge in [0, 0.05) is 6.61 Å². The summed E-state index contributed by atoms with van der Waals surface area (Å²) in [5.41, 5.74) is 0. The first kappa shape index (κ1) is 12.7. The summed E-state index contributed by atoms with van der Waals surface area (Å²) in [6.07, 6.45) is -2.52. The highest BCUT2D eigenvalue weighted by atomic mass is 19.4. The van der Waals surface area contributed by atoms with E-state index in [9.17, 15) is 13.2 Å². The van der Waals surface area contributed by atoms with E-state index in [4.69, 9.17) is 14.6 Å². The van der Waals surface area contributed by atoms with Crippen molar-refractivity contribution in [2.45, 2.75) is 31.7 Å². The van der Waals surface area contributed by atoms with E-state index in [-0.39, 0.29) is 0 Å². The molecule has 2 atom stereocenters. The van der Waals surface area contributed by atoms with Crippen LogP contribution in [0.5, 0.6) is 0 Å².